The van der Waals surface area contributed by atoms with Crippen molar-refractivity contribution in [2.24, 2.45) is 0 Å². The summed E-state index contributed by atoms with van der Waals surface area (Å²) in [6.07, 6.45) is -0.320. The highest BCUT2D eigenvalue weighted by Crippen LogP contribution is 2.16. The smallest absolute Gasteiger partial charge is 0.410 e. The van der Waals surface area contributed by atoms with Crippen LogP contribution in [0.3, 0.4) is 0 Å². The molecule has 1 aromatic rings. The standard InChI is InChI=1S/C12H13NO4/c1-8-7-17-12(16)13(8)6-9-2-4-10(5-3-9)11(14)15/h2-5,8H,6-7H2,1H3,(H,14,15)/t8-/m1/s1. The number of hydrogen-bond acceptors (Lipinski definition) is 3. The number of carboxylic acid groups (broad SMARTS) is 1. The molecule has 1 fully saturated rings. The van der Waals surface area contributed by atoms with Gasteiger partial charge in [0.15, 0.2) is 0 Å². The summed E-state index contributed by atoms with van der Waals surface area (Å²) >= 11 is 0. The Morgan fingerprint density at radius 2 is 2.12 bits per heavy atom. The van der Waals surface area contributed by atoms with Gasteiger partial charge in [0.1, 0.15) is 6.61 Å². The van der Waals surface area contributed by atoms with Crippen molar-refractivity contribution in [1.29, 1.82) is 0 Å². The normalized spacial score (nSPS) is 19.2. The molecule has 0 aliphatic carbocycles. The van der Waals surface area contributed by atoms with E-state index in [1.54, 1.807) is 17.0 Å². The van der Waals surface area contributed by atoms with E-state index in [1.807, 2.05) is 6.92 Å². The third-order valence-corrected chi connectivity index (χ3v) is 2.77. The number of aromatic carboxylic acids is 1. The molecule has 1 saturated heterocycles. The van der Waals surface area contributed by atoms with Gasteiger partial charge in [-0.15, -0.1) is 0 Å². The summed E-state index contributed by atoms with van der Waals surface area (Å²) in [5, 5.41) is 8.76. The zero-order chi connectivity index (χ0) is 12.4. The van der Waals surface area contributed by atoms with Crippen molar-refractivity contribution >= 4 is 12.1 Å². The van der Waals surface area contributed by atoms with Gasteiger partial charge in [-0.2, -0.15) is 0 Å². The molecule has 0 saturated carbocycles. The van der Waals surface area contributed by atoms with Gasteiger partial charge in [-0.3, -0.25) is 4.90 Å². The van der Waals surface area contributed by atoms with Crippen molar-refractivity contribution in [1.82, 2.24) is 4.90 Å². The molecular formula is C12H13NO4. The molecular weight excluding hydrogens is 222 g/mol. The molecule has 1 atom stereocenters. The highest BCUT2D eigenvalue weighted by Gasteiger charge is 2.29. The summed E-state index contributed by atoms with van der Waals surface area (Å²) < 4.78 is 4.90. The molecule has 17 heavy (non-hydrogen) atoms. The first kappa shape index (κ1) is 11.4. The zero-order valence-electron chi connectivity index (χ0n) is 9.42. The van der Waals surface area contributed by atoms with Gasteiger partial charge in [-0.05, 0) is 24.6 Å². The van der Waals surface area contributed by atoms with E-state index < -0.39 is 5.97 Å². The van der Waals surface area contributed by atoms with E-state index in [-0.39, 0.29) is 17.7 Å². The van der Waals surface area contributed by atoms with Gasteiger partial charge in [-0.1, -0.05) is 12.1 Å². The van der Waals surface area contributed by atoms with Crippen molar-refractivity contribution in [2.75, 3.05) is 6.61 Å². The predicted octanol–water partition coefficient (Wildman–Crippen LogP) is 1.73. The molecule has 1 aliphatic heterocycles. The van der Waals surface area contributed by atoms with E-state index in [0.29, 0.717) is 13.2 Å². The fraction of sp³-hybridized carbons (Fsp3) is 0.333. The molecule has 5 heteroatoms. The Labute approximate surface area is 98.6 Å². The Morgan fingerprint density at radius 1 is 1.47 bits per heavy atom. The number of benzene rings is 1. The maximum Gasteiger partial charge on any atom is 0.410 e. The van der Waals surface area contributed by atoms with Crippen LogP contribution in [-0.2, 0) is 11.3 Å². The Bertz CT molecular complexity index is 440. The molecule has 1 aliphatic rings. The van der Waals surface area contributed by atoms with E-state index in [4.69, 9.17) is 9.84 Å². The number of amides is 1. The number of cyclic esters (lactones) is 1. The number of hydrogen-bond donors (Lipinski definition) is 1. The first-order valence-corrected chi connectivity index (χ1v) is 5.33. The molecule has 1 N–H and O–H groups in total. The molecule has 0 radical (unpaired) electrons. The number of carboxylic acids is 1. The molecule has 0 spiro atoms. The van der Waals surface area contributed by atoms with Crippen molar-refractivity contribution in [2.45, 2.75) is 19.5 Å². The minimum absolute atomic E-state index is 0.0571. The molecule has 1 heterocycles. The van der Waals surface area contributed by atoms with Gasteiger partial charge in [0.25, 0.3) is 0 Å². The van der Waals surface area contributed by atoms with Crippen LogP contribution in [-0.4, -0.2) is 34.7 Å². The van der Waals surface area contributed by atoms with Crippen LogP contribution in [0.15, 0.2) is 24.3 Å². The molecule has 1 aromatic carbocycles. The number of ether oxygens (including phenoxy) is 1. The van der Waals surface area contributed by atoms with E-state index >= 15 is 0 Å². The topological polar surface area (TPSA) is 66.8 Å². The average Bonchev–Trinajstić information content (AvgIpc) is 2.61. The third kappa shape index (κ3) is 2.38. The van der Waals surface area contributed by atoms with Crippen molar-refractivity contribution in [3.8, 4) is 0 Å². The number of rotatable bonds is 3. The molecule has 1 amide bonds. The first-order valence-electron chi connectivity index (χ1n) is 5.33. The van der Waals surface area contributed by atoms with Crippen LogP contribution in [0.25, 0.3) is 0 Å². The van der Waals surface area contributed by atoms with Crippen LogP contribution in [0.4, 0.5) is 4.79 Å². The summed E-state index contributed by atoms with van der Waals surface area (Å²) in [6, 6.07) is 6.54. The number of carbonyl (C=O) groups is 2. The van der Waals surface area contributed by atoms with E-state index in [1.165, 1.54) is 12.1 Å². The van der Waals surface area contributed by atoms with Gasteiger partial charge in [0.05, 0.1) is 11.6 Å². The quantitative estimate of drug-likeness (QED) is 0.866. The maximum atomic E-state index is 11.4. The van der Waals surface area contributed by atoms with Gasteiger partial charge < -0.3 is 9.84 Å². The third-order valence-electron chi connectivity index (χ3n) is 2.77. The van der Waals surface area contributed by atoms with Crippen LogP contribution in [0, 0.1) is 0 Å². The van der Waals surface area contributed by atoms with Gasteiger partial charge in [-0.25, -0.2) is 9.59 Å². The molecule has 2 rings (SSSR count). The zero-order valence-corrected chi connectivity index (χ0v) is 9.42. The maximum absolute atomic E-state index is 11.4. The van der Waals surface area contributed by atoms with Crippen molar-refractivity contribution in [3.63, 3.8) is 0 Å². The second kappa shape index (κ2) is 4.45. The summed E-state index contributed by atoms with van der Waals surface area (Å²) in [4.78, 5) is 23.7. The molecule has 5 nitrogen and oxygen atoms in total. The largest absolute Gasteiger partial charge is 0.478 e. The number of carbonyl (C=O) groups excluding carboxylic acids is 1. The molecule has 90 valence electrons. The van der Waals surface area contributed by atoms with Crippen LogP contribution < -0.4 is 0 Å². The first-order chi connectivity index (χ1) is 8.08. The Morgan fingerprint density at radius 3 is 2.59 bits per heavy atom. The lowest BCUT2D eigenvalue weighted by atomic mass is 10.1. The second-order valence-corrected chi connectivity index (χ2v) is 4.06. The monoisotopic (exact) mass is 235 g/mol. The van der Waals surface area contributed by atoms with E-state index in [9.17, 15) is 9.59 Å². The molecule has 0 bridgehead atoms. The predicted molar refractivity (Wildman–Crippen MR) is 59.8 cm³/mol. The Hall–Kier alpha value is -2.04. The summed E-state index contributed by atoms with van der Waals surface area (Å²) in [6.45, 7) is 2.77. The Kier molecular flexibility index (Phi) is 2.99. The molecule has 0 unspecified atom stereocenters. The van der Waals surface area contributed by atoms with Crippen molar-refractivity contribution in [3.05, 3.63) is 35.4 Å². The van der Waals surface area contributed by atoms with Gasteiger partial charge in [0, 0.05) is 6.54 Å². The number of nitrogens with zero attached hydrogens (tertiary/aromatic N) is 1. The lowest BCUT2D eigenvalue weighted by molar-refractivity contribution is 0.0696. The highest BCUT2D eigenvalue weighted by atomic mass is 16.6. The summed E-state index contributed by atoms with van der Waals surface area (Å²) in [5.74, 6) is -0.953. The van der Waals surface area contributed by atoms with Crippen LogP contribution in [0.2, 0.25) is 0 Å². The van der Waals surface area contributed by atoms with Crippen LogP contribution >= 0.6 is 0 Å². The van der Waals surface area contributed by atoms with Gasteiger partial charge >= 0.3 is 12.1 Å². The highest BCUT2D eigenvalue weighted by molar-refractivity contribution is 5.87. The lowest BCUT2D eigenvalue weighted by Crippen LogP contribution is -2.30. The van der Waals surface area contributed by atoms with Crippen molar-refractivity contribution < 1.29 is 19.4 Å². The fourth-order valence-electron chi connectivity index (χ4n) is 1.71. The van der Waals surface area contributed by atoms with Gasteiger partial charge in [0.2, 0.25) is 0 Å². The second-order valence-electron chi connectivity index (χ2n) is 4.06. The SMILES string of the molecule is C[C@@H]1COC(=O)N1Cc1ccc(C(=O)O)cc1. The van der Waals surface area contributed by atoms with E-state index in [0.717, 1.165) is 5.56 Å². The van der Waals surface area contributed by atoms with Crippen LogP contribution in [0.5, 0.6) is 0 Å². The lowest BCUT2D eigenvalue weighted by Gasteiger charge is -2.17. The van der Waals surface area contributed by atoms with E-state index in [2.05, 4.69) is 0 Å². The average molecular weight is 235 g/mol. The van der Waals surface area contributed by atoms with Crippen LogP contribution in [0.1, 0.15) is 22.8 Å². The fourth-order valence-corrected chi connectivity index (χ4v) is 1.71. The summed E-state index contributed by atoms with van der Waals surface area (Å²) in [7, 11) is 0. The molecule has 0 aromatic heterocycles. The summed E-state index contributed by atoms with van der Waals surface area (Å²) in [5.41, 5.74) is 1.13. The minimum Gasteiger partial charge on any atom is -0.478 e. The minimum atomic E-state index is -0.953. The Balaban J connectivity index is 2.08.